The normalized spacial score (nSPS) is 19.4. The lowest BCUT2D eigenvalue weighted by molar-refractivity contribution is -0.132. The van der Waals surface area contributed by atoms with Gasteiger partial charge >= 0.3 is 0 Å². The van der Waals surface area contributed by atoms with E-state index in [1.54, 1.807) is 18.0 Å². The van der Waals surface area contributed by atoms with Gasteiger partial charge in [-0.1, -0.05) is 15.9 Å². The van der Waals surface area contributed by atoms with E-state index in [2.05, 4.69) is 21.2 Å². The van der Waals surface area contributed by atoms with Crippen molar-refractivity contribution in [3.8, 4) is 0 Å². The second-order valence-corrected chi connectivity index (χ2v) is 5.52. The number of amides is 2. The summed E-state index contributed by atoms with van der Waals surface area (Å²) >= 11 is 3.21. The first-order valence-electron chi connectivity index (χ1n) is 5.97. The molecule has 0 bridgehead atoms. The lowest BCUT2D eigenvalue weighted by Gasteiger charge is -2.30. The zero-order chi connectivity index (χ0) is 14.0. The molecule has 1 fully saturated rings. The summed E-state index contributed by atoms with van der Waals surface area (Å²) in [6, 6.07) is 4.10. The van der Waals surface area contributed by atoms with Crippen LogP contribution in [0.15, 0.2) is 22.7 Å². The van der Waals surface area contributed by atoms with Crippen molar-refractivity contribution >= 4 is 27.7 Å². The molecule has 4 nitrogen and oxygen atoms in total. The van der Waals surface area contributed by atoms with Crippen molar-refractivity contribution < 1.29 is 14.0 Å². The van der Waals surface area contributed by atoms with Crippen molar-refractivity contribution in [3.05, 3.63) is 34.1 Å². The summed E-state index contributed by atoms with van der Waals surface area (Å²) in [5.41, 5.74) is 0.00827. The van der Waals surface area contributed by atoms with E-state index in [1.165, 1.54) is 12.1 Å². The third-order valence-electron chi connectivity index (χ3n) is 3.13. The minimum atomic E-state index is -0.555. The van der Waals surface area contributed by atoms with Crippen LogP contribution in [0.2, 0.25) is 0 Å². The largest absolute Gasteiger partial charge is 0.347 e. The molecule has 1 aromatic carbocycles. The molecule has 1 aliphatic rings. The highest BCUT2D eigenvalue weighted by atomic mass is 79.9. The summed E-state index contributed by atoms with van der Waals surface area (Å²) in [5.74, 6) is -0.938. The molecule has 2 rings (SSSR count). The first-order valence-corrected chi connectivity index (χ1v) is 6.76. The maximum absolute atomic E-state index is 13.6. The first-order chi connectivity index (χ1) is 8.97. The van der Waals surface area contributed by atoms with Crippen LogP contribution in [0.3, 0.4) is 0 Å². The van der Waals surface area contributed by atoms with Gasteiger partial charge in [-0.2, -0.15) is 0 Å². The predicted octanol–water partition coefficient (Wildman–Crippen LogP) is 1.94. The lowest BCUT2D eigenvalue weighted by atomic mass is 10.0. The smallest absolute Gasteiger partial charge is 0.254 e. The second kappa shape index (κ2) is 5.69. The van der Waals surface area contributed by atoms with E-state index in [1.807, 2.05) is 0 Å². The van der Waals surface area contributed by atoms with Gasteiger partial charge in [-0.05, 0) is 24.6 Å². The van der Waals surface area contributed by atoms with Gasteiger partial charge in [0.1, 0.15) is 5.82 Å². The molecule has 1 N–H and O–H groups in total. The summed E-state index contributed by atoms with van der Waals surface area (Å²) in [6.45, 7) is 0.459. The number of nitrogens with zero attached hydrogens (tertiary/aromatic N) is 1. The fraction of sp³-hybridized carbons (Fsp3) is 0.385. The summed E-state index contributed by atoms with van der Waals surface area (Å²) in [6.07, 6.45) is 0.993. The molecule has 1 saturated heterocycles. The molecular weight excluding hydrogens is 315 g/mol. The molecule has 19 heavy (non-hydrogen) atoms. The van der Waals surface area contributed by atoms with Crippen LogP contribution < -0.4 is 5.32 Å². The Labute approximate surface area is 119 Å². The van der Waals surface area contributed by atoms with E-state index in [9.17, 15) is 14.0 Å². The standard InChI is InChI=1S/C13H14BrFN2O2/c1-17-7-9(3-5-12(17)18)16-13(19)10-6-8(14)2-4-11(10)15/h2,4,6,9H,3,5,7H2,1H3,(H,16,19). The van der Waals surface area contributed by atoms with Crippen LogP contribution in [0.4, 0.5) is 4.39 Å². The second-order valence-electron chi connectivity index (χ2n) is 4.61. The van der Waals surface area contributed by atoms with Crippen LogP contribution in [0.25, 0.3) is 0 Å². The maximum atomic E-state index is 13.6. The summed E-state index contributed by atoms with van der Waals surface area (Å²) < 4.78 is 14.2. The fourth-order valence-electron chi connectivity index (χ4n) is 2.06. The number of carbonyl (C=O) groups excluding carboxylic acids is 2. The lowest BCUT2D eigenvalue weighted by Crippen LogP contribution is -2.48. The van der Waals surface area contributed by atoms with E-state index >= 15 is 0 Å². The molecule has 0 spiro atoms. The van der Waals surface area contributed by atoms with Crippen LogP contribution in [-0.4, -0.2) is 36.3 Å². The van der Waals surface area contributed by atoms with Crippen LogP contribution in [-0.2, 0) is 4.79 Å². The highest BCUT2D eigenvalue weighted by Crippen LogP contribution is 2.16. The number of carbonyl (C=O) groups is 2. The molecule has 0 aromatic heterocycles. The number of likely N-dealkylation sites (N-methyl/N-ethyl adjacent to an activating group) is 1. The number of halogens is 2. The third-order valence-corrected chi connectivity index (χ3v) is 3.63. The summed E-state index contributed by atoms with van der Waals surface area (Å²) in [4.78, 5) is 24.9. The Morgan fingerprint density at radius 1 is 1.53 bits per heavy atom. The average molecular weight is 329 g/mol. The molecule has 1 aliphatic heterocycles. The fourth-order valence-corrected chi connectivity index (χ4v) is 2.43. The number of hydrogen-bond donors (Lipinski definition) is 1. The number of nitrogens with one attached hydrogen (secondary N) is 1. The van der Waals surface area contributed by atoms with Crippen LogP contribution >= 0.6 is 15.9 Å². The number of hydrogen-bond acceptors (Lipinski definition) is 2. The Bertz CT molecular complexity index is 521. The van der Waals surface area contributed by atoms with E-state index < -0.39 is 11.7 Å². The van der Waals surface area contributed by atoms with Gasteiger partial charge in [0, 0.05) is 30.5 Å². The van der Waals surface area contributed by atoms with E-state index in [4.69, 9.17) is 0 Å². The van der Waals surface area contributed by atoms with Gasteiger partial charge < -0.3 is 10.2 Å². The molecule has 0 aliphatic carbocycles. The first kappa shape index (κ1) is 14.0. The molecule has 1 heterocycles. The van der Waals surface area contributed by atoms with Crippen LogP contribution in [0, 0.1) is 5.82 Å². The van der Waals surface area contributed by atoms with Gasteiger partial charge in [0.2, 0.25) is 5.91 Å². The van der Waals surface area contributed by atoms with Crippen molar-refractivity contribution in [1.29, 1.82) is 0 Å². The number of benzene rings is 1. The molecule has 0 radical (unpaired) electrons. The Morgan fingerprint density at radius 2 is 2.26 bits per heavy atom. The quantitative estimate of drug-likeness (QED) is 0.901. The van der Waals surface area contributed by atoms with Gasteiger partial charge in [-0.3, -0.25) is 9.59 Å². The van der Waals surface area contributed by atoms with Crippen molar-refractivity contribution in [3.63, 3.8) is 0 Å². The predicted molar refractivity (Wildman–Crippen MR) is 72.2 cm³/mol. The highest BCUT2D eigenvalue weighted by molar-refractivity contribution is 9.10. The molecule has 1 aromatic rings. The molecule has 1 unspecified atom stereocenters. The van der Waals surface area contributed by atoms with Crippen LogP contribution in [0.5, 0.6) is 0 Å². The zero-order valence-corrected chi connectivity index (χ0v) is 12.0. The van der Waals surface area contributed by atoms with Crippen molar-refractivity contribution in [2.24, 2.45) is 0 Å². The van der Waals surface area contributed by atoms with Gasteiger partial charge in [0.25, 0.3) is 5.91 Å². The van der Waals surface area contributed by atoms with Gasteiger partial charge in [0.05, 0.1) is 5.56 Å². The van der Waals surface area contributed by atoms with E-state index in [-0.39, 0.29) is 17.5 Å². The molecular formula is C13H14BrFN2O2. The van der Waals surface area contributed by atoms with E-state index in [0.29, 0.717) is 23.9 Å². The Kier molecular flexibility index (Phi) is 4.19. The topological polar surface area (TPSA) is 49.4 Å². The van der Waals surface area contributed by atoms with Crippen molar-refractivity contribution in [1.82, 2.24) is 10.2 Å². The molecule has 102 valence electrons. The Morgan fingerprint density at radius 3 is 2.95 bits per heavy atom. The monoisotopic (exact) mass is 328 g/mol. The summed E-state index contributed by atoms with van der Waals surface area (Å²) in [7, 11) is 1.69. The van der Waals surface area contributed by atoms with Crippen molar-refractivity contribution in [2.75, 3.05) is 13.6 Å². The minimum absolute atomic E-state index is 0.00827. The van der Waals surface area contributed by atoms with Gasteiger partial charge in [-0.15, -0.1) is 0 Å². The Balaban J connectivity index is 2.05. The van der Waals surface area contributed by atoms with Gasteiger partial charge in [-0.25, -0.2) is 4.39 Å². The zero-order valence-electron chi connectivity index (χ0n) is 10.5. The molecule has 2 amide bonds. The molecule has 0 saturated carbocycles. The van der Waals surface area contributed by atoms with Crippen molar-refractivity contribution in [2.45, 2.75) is 18.9 Å². The number of rotatable bonds is 2. The number of piperidine rings is 1. The van der Waals surface area contributed by atoms with Crippen LogP contribution in [0.1, 0.15) is 23.2 Å². The number of likely N-dealkylation sites (tertiary alicyclic amines) is 1. The maximum Gasteiger partial charge on any atom is 0.254 e. The third kappa shape index (κ3) is 3.32. The molecule has 1 atom stereocenters. The highest BCUT2D eigenvalue weighted by Gasteiger charge is 2.25. The summed E-state index contributed by atoms with van der Waals surface area (Å²) in [5, 5.41) is 2.76. The molecule has 6 heteroatoms. The minimum Gasteiger partial charge on any atom is -0.347 e. The SMILES string of the molecule is CN1CC(NC(=O)c2cc(Br)ccc2F)CCC1=O. The van der Waals surface area contributed by atoms with E-state index in [0.717, 1.165) is 0 Å². The average Bonchev–Trinajstić information content (AvgIpc) is 2.36. The Hall–Kier alpha value is -1.43. The van der Waals surface area contributed by atoms with Gasteiger partial charge in [0.15, 0.2) is 0 Å².